The number of amidine groups is 1. The Kier molecular flexibility index (Phi) is 6.30. The molecule has 0 N–H and O–H groups in total. The van der Waals surface area contributed by atoms with Crippen molar-refractivity contribution in [1.29, 1.82) is 0 Å². The van der Waals surface area contributed by atoms with Crippen LogP contribution < -0.4 is 4.90 Å². The number of aryl methyl sites for hydroxylation is 1. The smallest absolute Gasteiger partial charge is 0.266 e. The average Bonchev–Trinajstić information content (AvgIpc) is 2.93. The summed E-state index contributed by atoms with van der Waals surface area (Å²) in [6, 6.07) is 13.1. The van der Waals surface area contributed by atoms with Crippen LogP contribution in [0.25, 0.3) is 6.08 Å². The second-order valence-electron chi connectivity index (χ2n) is 6.78. The third kappa shape index (κ3) is 4.75. The van der Waals surface area contributed by atoms with E-state index >= 15 is 0 Å². The average molecular weight is 419 g/mol. The van der Waals surface area contributed by atoms with E-state index in [-0.39, 0.29) is 5.91 Å². The first-order valence-electron chi connectivity index (χ1n) is 8.64. The van der Waals surface area contributed by atoms with E-state index in [9.17, 15) is 4.79 Å². The van der Waals surface area contributed by atoms with E-state index in [1.54, 1.807) is 34.9 Å². The molecule has 0 aromatic heterocycles. The Labute approximate surface area is 174 Å². The van der Waals surface area contributed by atoms with Gasteiger partial charge in [-0.15, -0.1) is 0 Å². The summed E-state index contributed by atoms with van der Waals surface area (Å²) in [5.74, 6) is 1.24. The molecule has 0 atom stereocenters. The third-order valence-corrected chi connectivity index (χ3v) is 6.02. The lowest BCUT2D eigenvalue weighted by molar-refractivity contribution is -0.113. The Bertz CT molecular complexity index is 920. The zero-order valence-corrected chi connectivity index (χ0v) is 17.7. The molecular weight excluding hydrogens is 399 g/mol. The zero-order chi connectivity index (χ0) is 19.6. The van der Waals surface area contributed by atoms with Crippen molar-refractivity contribution in [2.75, 3.05) is 10.7 Å². The lowest BCUT2D eigenvalue weighted by atomic mass is 10.2. The van der Waals surface area contributed by atoms with Crippen LogP contribution in [0, 0.1) is 12.8 Å². The molecule has 3 rings (SSSR count). The van der Waals surface area contributed by atoms with Gasteiger partial charge in [0.05, 0.1) is 15.7 Å². The Morgan fingerprint density at radius 1 is 1.11 bits per heavy atom. The summed E-state index contributed by atoms with van der Waals surface area (Å²) in [5, 5.41) is 1.63. The van der Waals surface area contributed by atoms with Crippen LogP contribution >= 0.6 is 35.0 Å². The molecule has 1 aliphatic rings. The summed E-state index contributed by atoms with van der Waals surface area (Å²) in [6.45, 7) is 6.31. The van der Waals surface area contributed by atoms with Crippen LogP contribution in [0.2, 0.25) is 10.0 Å². The molecule has 3 nitrogen and oxygen atoms in total. The number of thioether (sulfide) groups is 1. The maximum atomic E-state index is 13.1. The number of carbonyl (C=O) groups is 1. The van der Waals surface area contributed by atoms with Gasteiger partial charge in [0, 0.05) is 5.75 Å². The quantitative estimate of drug-likeness (QED) is 0.535. The van der Waals surface area contributed by atoms with Gasteiger partial charge in [-0.1, -0.05) is 72.6 Å². The van der Waals surface area contributed by atoms with E-state index in [1.165, 1.54) is 0 Å². The molecule has 1 heterocycles. The highest BCUT2D eigenvalue weighted by molar-refractivity contribution is 8.14. The molecule has 27 heavy (non-hydrogen) atoms. The number of amides is 1. The number of hydrogen-bond acceptors (Lipinski definition) is 3. The molecule has 0 bridgehead atoms. The second kappa shape index (κ2) is 8.51. The monoisotopic (exact) mass is 418 g/mol. The Morgan fingerprint density at radius 2 is 1.81 bits per heavy atom. The first-order valence-corrected chi connectivity index (χ1v) is 10.4. The number of hydrogen-bond donors (Lipinski definition) is 0. The Morgan fingerprint density at radius 3 is 2.44 bits per heavy atom. The summed E-state index contributed by atoms with van der Waals surface area (Å²) in [4.78, 5) is 19.4. The van der Waals surface area contributed by atoms with Crippen LogP contribution in [-0.2, 0) is 4.79 Å². The largest absolute Gasteiger partial charge is 0.283 e. The van der Waals surface area contributed by atoms with Crippen LogP contribution in [0.4, 0.5) is 5.69 Å². The highest BCUT2D eigenvalue weighted by Crippen LogP contribution is 2.31. The fourth-order valence-electron chi connectivity index (χ4n) is 2.52. The van der Waals surface area contributed by atoms with Crippen molar-refractivity contribution in [3.63, 3.8) is 0 Å². The SMILES string of the molecule is Cc1ccc(N2C(=O)/C(=C/c3ccc(Cl)c(Cl)c3)N=C2SCC(C)C)cc1. The van der Waals surface area contributed by atoms with Crippen LogP contribution in [-0.4, -0.2) is 16.8 Å². The van der Waals surface area contributed by atoms with Gasteiger partial charge in [0.15, 0.2) is 5.17 Å². The summed E-state index contributed by atoms with van der Waals surface area (Å²) < 4.78 is 0. The molecule has 0 saturated heterocycles. The van der Waals surface area contributed by atoms with E-state index in [4.69, 9.17) is 23.2 Å². The van der Waals surface area contributed by atoms with E-state index in [1.807, 2.05) is 37.3 Å². The maximum absolute atomic E-state index is 13.1. The molecule has 0 fully saturated rings. The fourth-order valence-corrected chi connectivity index (χ4v) is 3.79. The van der Waals surface area contributed by atoms with Crippen molar-refractivity contribution in [3.05, 3.63) is 69.3 Å². The van der Waals surface area contributed by atoms with Gasteiger partial charge in [-0.3, -0.25) is 9.69 Å². The maximum Gasteiger partial charge on any atom is 0.283 e. The molecule has 0 radical (unpaired) electrons. The van der Waals surface area contributed by atoms with Crippen molar-refractivity contribution in [2.45, 2.75) is 20.8 Å². The molecule has 0 saturated carbocycles. The van der Waals surface area contributed by atoms with Gasteiger partial charge in [0.2, 0.25) is 0 Å². The van der Waals surface area contributed by atoms with Crippen LogP contribution in [0.1, 0.15) is 25.0 Å². The van der Waals surface area contributed by atoms with Gasteiger partial charge in [-0.05, 0) is 48.7 Å². The number of halogens is 2. The molecule has 2 aromatic rings. The Balaban J connectivity index is 1.97. The summed E-state index contributed by atoms with van der Waals surface area (Å²) in [5.41, 5.74) is 3.14. The standard InChI is InChI=1S/C21H20Cl2N2OS/c1-13(2)12-27-21-24-19(11-15-6-9-17(22)18(23)10-15)20(26)25(21)16-7-4-14(3)5-8-16/h4-11,13H,12H2,1-3H3/b19-11-. The molecule has 0 unspecified atom stereocenters. The summed E-state index contributed by atoms with van der Waals surface area (Å²) >= 11 is 13.7. The lowest BCUT2D eigenvalue weighted by Gasteiger charge is -2.18. The van der Waals surface area contributed by atoms with Crippen molar-refractivity contribution in [1.82, 2.24) is 0 Å². The first-order chi connectivity index (χ1) is 12.8. The third-order valence-electron chi connectivity index (χ3n) is 3.91. The van der Waals surface area contributed by atoms with Crippen molar-refractivity contribution >= 4 is 57.8 Å². The van der Waals surface area contributed by atoms with E-state index in [0.717, 1.165) is 22.6 Å². The van der Waals surface area contributed by atoms with Gasteiger partial charge >= 0.3 is 0 Å². The highest BCUT2D eigenvalue weighted by atomic mass is 35.5. The predicted molar refractivity (Wildman–Crippen MR) is 118 cm³/mol. The number of aliphatic imine (C=N–C) groups is 1. The summed E-state index contributed by atoms with van der Waals surface area (Å²) in [6.07, 6.45) is 1.74. The zero-order valence-electron chi connectivity index (χ0n) is 15.4. The van der Waals surface area contributed by atoms with Gasteiger partial charge in [-0.25, -0.2) is 4.99 Å². The van der Waals surface area contributed by atoms with Crippen LogP contribution in [0.5, 0.6) is 0 Å². The molecular formula is C21H20Cl2N2OS. The van der Waals surface area contributed by atoms with E-state index in [2.05, 4.69) is 18.8 Å². The van der Waals surface area contributed by atoms with Gasteiger partial charge in [-0.2, -0.15) is 0 Å². The summed E-state index contributed by atoms with van der Waals surface area (Å²) in [7, 11) is 0. The number of rotatable bonds is 4. The van der Waals surface area contributed by atoms with E-state index in [0.29, 0.717) is 26.8 Å². The number of benzene rings is 2. The van der Waals surface area contributed by atoms with Gasteiger partial charge in [0.25, 0.3) is 5.91 Å². The van der Waals surface area contributed by atoms with Crippen LogP contribution in [0.15, 0.2) is 53.2 Å². The molecule has 140 valence electrons. The van der Waals surface area contributed by atoms with Gasteiger partial charge in [0.1, 0.15) is 5.70 Å². The van der Waals surface area contributed by atoms with E-state index < -0.39 is 0 Å². The van der Waals surface area contributed by atoms with Crippen LogP contribution in [0.3, 0.4) is 0 Å². The lowest BCUT2D eigenvalue weighted by Crippen LogP contribution is -2.30. The number of anilines is 1. The van der Waals surface area contributed by atoms with Crippen molar-refractivity contribution in [3.8, 4) is 0 Å². The molecule has 0 aliphatic carbocycles. The number of nitrogens with zero attached hydrogens (tertiary/aromatic N) is 2. The predicted octanol–water partition coefficient (Wildman–Crippen LogP) is 6.43. The minimum atomic E-state index is -0.142. The fraction of sp³-hybridized carbons (Fsp3) is 0.238. The molecule has 2 aromatic carbocycles. The molecule has 1 amide bonds. The normalized spacial score (nSPS) is 15.8. The minimum absolute atomic E-state index is 0.142. The molecule has 6 heteroatoms. The highest BCUT2D eigenvalue weighted by Gasteiger charge is 2.32. The Hall–Kier alpha value is -1.75. The molecule has 1 aliphatic heterocycles. The minimum Gasteiger partial charge on any atom is -0.266 e. The molecule has 0 spiro atoms. The van der Waals surface area contributed by atoms with Crippen molar-refractivity contribution in [2.24, 2.45) is 10.9 Å². The number of carbonyl (C=O) groups excluding carboxylic acids is 1. The topological polar surface area (TPSA) is 32.7 Å². The van der Waals surface area contributed by atoms with Crippen molar-refractivity contribution < 1.29 is 4.79 Å². The first kappa shape index (κ1) is 20.0. The second-order valence-corrected chi connectivity index (χ2v) is 8.58. The van der Waals surface area contributed by atoms with Gasteiger partial charge < -0.3 is 0 Å².